The average Bonchev–Trinajstić information content (AvgIpc) is 2.03. The van der Waals surface area contributed by atoms with E-state index in [2.05, 4.69) is 10.3 Å². The van der Waals surface area contributed by atoms with E-state index in [1.54, 1.807) is 26.2 Å². The zero-order chi connectivity index (χ0) is 9.14. The molecule has 1 aromatic heterocycles. The summed E-state index contributed by atoms with van der Waals surface area (Å²) in [5.74, 6) is 0. The Labute approximate surface area is 76.3 Å². The van der Waals surface area contributed by atoms with Crippen LogP contribution >= 0.6 is 11.6 Å². The molecule has 0 aliphatic heterocycles. The number of nitrogens with zero attached hydrogens (tertiary/aromatic N) is 1. The molecule has 0 unspecified atom stereocenters. The lowest BCUT2D eigenvalue weighted by molar-refractivity contribution is 1.29. The van der Waals surface area contributed by atoms with Crippen LogP contribution in [0, 0.1) is 5.41 Å². The van der Waals surface area contributed by atoms with Crippen LogP contribution in [-0.4, -0.2) is 17.7 Å². The Morgan fingerprint density at radius 3 is 2.75 bits per heavy atom. The second-order valence-corrected chi connectivity index (χ2v) is 2.76. The van der Waals surface area contributed by atoms with Gasteiger partial charge < -0.3 is 10.7 Å². The lowest BCUT2D eigenvalue weighted by Gasteiger charge is -2.07. The zero-order valence-electron chi connectivity index (χ0n) is 6.98. The van der Waals surface area contributed by atoms with Crippen molar-refractivity contribution in [2.75, 3.05) is 12.4 Å². The number of hydrogen-bond acceptors (Lipinski definition) is 3. The van der Waals surface area contributed by atoms with Gasteiger partial charge in [0.15, 0.2) is 0 Å². The van der Waals surface area contributed by atoms with Gasteiger partial charge in [0.2, 0.25) is 0 Å². The van der Waals surface area contributed by atoms with Crippen LogP contribution in [0.15, 0.2) is 12.3 Å². The van der Waals surface area contributed by atoms with Crippen molar-refractivity contribution in [3.05, 3.63) is 23.0 Å². The van der Waals surface area contributed by atoms with E-state index in [0.29, 0.717) is 16.4 Å². The first-order valence-electron chi connectivity index (χ1n) is 3.54. The lowest BCUT2D eigenvalue weighted by Crippen LogP contribution is -2.02. The number of rotatable bonds is 2. The van der Waals surface area contributed by atoms with Crippen molar-refractivity contribution in [3.63, 3.8) is 0 Å². The van der Waals surface area contributed by atoms with Crippen LogP contribution in [-0.2, 0) is 0 Å². The summed E-state index contributed by atoms with van der Waals surface area (Å²) in [6.45, 7) is 1.68. The molecule has 12 heavy (non-hydrogen) atoms. The predicted octanol–water partition coefficient (Wildman–Crippen LogP) is 2.16. The standard InChI is InChI=1S/C8H10ClN3/c1-5(10)7-6(11-2)3-4-12-8(7)9/h3-4,10H,1-2H3,(H,11,12). The van der Waals surface area contributed by atoms with Crippen LogP contribution in [0.3, 0.4) is 0 Å². The van der Waals surface area contributed by atoms with E-state index in [-0.39, 0.29) is 0 Å². The third-order valence-electron chi connectivity index (χ3n) is 1.55. The molecule has 0 aliphatic carbocycles. The molecule has 0 radical (unpaired) electrons. The Bertz CT molecular complexity index is 309. The first kappa shape index (κ1) is 9.00. The molecule has 0 aromatic carbocycles. The van der Waals surface area contributed by atoms with E-state index in [1.165, 1.54) is 0 Å². The number of hydrogen-bond donors (Lipinski definition) is 2. The molecule has 0 saturated carbocycles. The highest BCUT2D eigenvalue weighted by atomic mass is 35.5. The smallest absolute Gasteiger partial charge is 0.140 e. The Morgan fingerprint density at radius 1 is 1.67 bits per heavy atom. The molecule has 3 nitrogen and oxygen atoms in total. The molecule has 0 amide bonds. The molecule has 0 fully saturated rings. The van der Waals surface area contributed by atoms with Crippen molar-refractivity contribution in [2.24, 2.45) is 0 Å². The van der Waals surface area contributed by atoms with E-state index in [4.69, 9.17) is 17.0 Å². The molecule has 1 rings (SSSR count). The fraction of sp³-hybridized carbons (Fsp3) is 0.250. The van der Waals surface area contributed by atoms with Gasteiger partial charge in [-0.15, -0.1) is 0 Å². The number of aromatic nitrogens is 1. The summed E-state index contributed by atoms with van der Waals surface area (Å²) in [5, 5.41) is 10.8. The van der Waals surface area contributed by atoms with Crippen LogP contribution in [0.4, 0.5) is 5.69 Å². The van der Waals surface area contributed by atoms with E-state index in [9.17, 15) is 0 Å². The predicted molar refractivity (Wildman–Crippen MR) is 51.3 cm³/mol. The second kappa shape index (κ2) is 3.54. The van der Waals surface area contributed by atoms with Gasteiger partial charge in [-0.05, 0) is 13.0 Å². The minimum absolute atomic E-state index is 0.370. The molecule has 0 atom stereocenters. The summed E-state index contributed by atoms with van der Waals surface area (Å²) in [4.78, 5) is 3.89. The van der Waals surface area contributed by atoms with Crippen molar-refractivity contribution in [3.8, 4) is 0 Å². The van der Waals surface area contributed by atoms with Gasteiger partial charge in [0.25, 0.3) is 0 Å². The third-order valence-corrected chi connectivity index (χ3v) is 1.84. The van der Waals surface area contributed by atoms with Gasteiger partial charge in [-0.25, -0.2) is 4.98 Å². The van der Waals surface area contributed by atoms with E-state index >= 15 is 0 Å². The van der Waals surface area contributed by atoms with Gasteiger partial charge in [0.1, 0.15) is 5.15 Å². The fourth-order valence-electron chi connectivity index (χ4n) is 1.00. The molecule has 0 saturated heterocycles. The number of nitrogens with one attached hydrogen (secondary N) is 2. The largest absolute Gasteiger partial charge is 0.387 e. The molecule has 64 valence electrons. The number of pyridine rings is 1. The highest BCUT2D eigenvalue weighted by Gasteiger charge is 2.07. The summed E-state index contributed by atoms with van der Waals surface area (Å²) in [6.07, 6.45) is 1.61. The van der Waals surface area contributed by atoms with Crippen LogP contribution in [0.25, 0.3) is 0 Å². The van der Waals surface area contributed by atoms with Gasteiger partial charge in [-0.3, -0.25) is 0 Å². The molecule has 0 spiro atoms. The summed E-state index contributed by atoms with van der Waals surface area (Å²) in [7, 11) is 1.79. The first-order chi connectivity index (χ1) is 5.66. The van der Waals surface area contributed by atoms with Gasteiger partial charge in [-0.2, -0.15) is 0 Å². The van der Waals surface area contributed by atoms with E-state index < -0.39 is 0 Å². The quantitative estimate of drug-likeness (QED) is 0.545. The monoisotopic (exact) mass is 183 g/mol. The van der Waals surface area contributed by atoms with Crippen molar-refractivity contribution >= 4 is 23.0 Å². The van der Waals surface area contributed by atoms with Crippen LogP contribution in [0.2, 0.25) is 5.15 Å². The molecule has 0 aliphatic rings. The summed E-state index contributed by atoms with van der Waals surface area (Å²) < 4.78 is 0. The topological polar surface area (TPSA) is 48.8 Å². The minimum atomic E-state index is 0.370. The molecule has 1 aromatic rings. The lowest BCUT2D eigenvalue weighted by atomic mass is 10.1. The van der Waals surface area contributed by atoms with Gasteiger partial charge >= 0.3 is 0 Å². The summed E-state index contributed by atoms with van der Waals surface area (Å²) in [6, 6.07) is 1.79. The van der Waals surface area contributed by atoms with E-state index in [0.717, 1.165) is 5.69 Å². The molecular weight excluding hydrogens is 174 g/mol. The normalized spacial score (nSPS) is 9.58. The molecular formula is C8H10ClN3. The van der Waals surface area contributed by atoms with Crippen molar-refractivity contribution in [2.45, 2.75) is 6.92 Å². The Hall–Kier alpha value is -1.09. The van der Waals surface area contributed by atoms with Crippen LogP contribution < -0.4 is 5.32 Å². The highest BCUT2D eigenvalue weighted by molar-refractivity contribution is 6.33. The van der Waals surface area contributed by atoms with Crippen molar-refractivity contribution < 1.29 is 0 Å². The SMILES string of the molecule is CNc1ccnc(Cl)c1C(C)=N. The maximum absolute atomic E-state index is 7.46. The highest BCUT2D eigenvalue weighted by Crippen LogP contribution is 2.21. The molecule has 4 heteroatoms. The Balaban J connectivity index is 3.29. The number of anilines is 1. The molecule has 0 bridgehead atoms. The third kappa shape index (κ3) is 1.56. The molecule has 1 heterocycles. The van der Waals surface area contributed by atoms with Gasteiger partial charge in [-0.1, -0.05) is 11.6 Å². The zero-order valence-corrected chi connectivity index (χ0v) is 7.74. The van der Waals surface area contributed by atoms with E-state index in [1.807, 2.05) is 0 Å². The van der Waals surface area contributed by atoms with Crippen LogP contribution in [0.5, 0.6) is 0 Å². The summed E-state index contributed by atoms with van der Waals surface area (Å²) >= 11 is 5.81. The van der Waals surface area contributed by atoms with Gasteiger partial charge in [0, 0.05) is 24.6 Å². The fourth-order valence-corrected chi connectivity index (χ4v) is 1.30. The van der Waals surface area contributed by atoms with Crippen molar-refractivity contribution in [1.82, 2.24) is 4.98 Å². The van der Waals surface area contributed by atoms with Crippen molar-refractivity contribution in [1.29, 1.82) is 5.41 Å². The second-order valence-electron chi connectivity index (χ2n) is 2.40. The first-order valence-corrected chi connectivity index (χ1v) is 3.92. The maximum Gasteiger partial charge on any atom is 0.140 e. The Morgan fingerprint density at radius 2 is 2.33 bits per heavy atom. The summed E-state index contributed by atoms with van der Waals surface area (Å²) in [5.41, 5.74) is 1.92. The molecule has 2 N–H and O–H groups in total. The van der Waals surface area contributed by atoms with Crippen LogP contribution in [0.1, 0.15) is 12.5 Å². The maximum atomic E-state index is 7.46. The number of halogens is 1. The average molecular weight is 184 g/mol. The Kier molecular flexibility index (Phi) is 2.65. The minimum Gasteiger partial charge on any atom is -0.387 e. The van der Waals surface area contributed by atoms with Gasteiger partial charge in [0.05, 0.1) is 5.56 Å².